The highest BCUT2D eigenvalue weighted by Crippen LogP contribution is 2.23. The summed E-state index contributed by atoms with van der Waals surface area (Å²) in [5, 5.41) is 3.73. The van der Waals surface area contributed by atoms with E-state index in [0.29, 0.717) is 0 Å². The third-order valence-electron chi connectivity index (χ3n) is 3.82. The van der Waals surface area contributed by atoms with Gasteiger partial charge >= 0.3 is 0 Å². The Morgan fingerprint density at radius 1 is 1.31 bits per heavy atom. The summed E-state index contributed by atoms with van der Waals surface area (Å²) in [6.45, 7) is 3.42. The van der Waals surface area contributed by atoms with Crippen molar-refractivity contribution in [2.24, 2.45) is 13.0 Å². The van der Waals surface area contributed by atoms with Crippen molar-refractivity contribution < 1.29 is 0 Å². The average Bonchev–Trinajstić information content (AvgIpc) is 2.56. The summed E-state index contributed by atoms with van der Waals surface area (Å²) in [6, 6.07) is 2.93. The first-order chi connectivity index (χ1) is 7.75. The third-order valence-corrected chi connectivity index (χ3v) is 3.82. The molecular weight excluding hydrogens is 196 g/mol. The van der Waals surface area contributed by atoms with Gasteiger partial charge in [0.1, 0.15) is 0 Å². The van der Waals surface area contributed by atoms with E-state index in [9.17, 15) is 0 Å². The van der Waals surface area contributed by atoms with Crippen LogP contribution >= 0.6 is 0 Å². The molecule has 2 unspecified atom stereocenters. The van der Waals surface area contributed by atoms with Crippen LogP contribution < -0.4 is 5.32 Å². The number of nitrogens with one attached hydrogen (secondary N) is 1. The van der Waals surface area contributed by atoms with Crippen LogP contribution in [0.1, 0.15) is 44.6 Å². The molecule has 0 bridgehead atoms. The zero-order chi connectivity index (χ0) is 11.4. The molecule has 1 heterocycles. The van der Waals surface area contributed by atoms with E-state index in [1.165, 1.54) is 37.7 Å². The number of nitrogens with zero attached hydrogens (tertiary/aromatic N) is 1. The fraction of sp³-hybridized carbons (Fsp3) is 0.714. The molecule has 1 aliphatic rings. The predicted molar refractivity (Wildman–Crippen MR) is 68.3 cm³/mol. The average molecular weight is 220 g/mol. The lowest BCUT2D eigenvalue weighted by molar-refractivity contribution is 0.356. The molecule has 2 rings (SSSR count). The van der Waals surface area contributed by atoms with Gasteiger partial charge in [-0.15, -0.1) is 0 Å². The molecule has 1 fully saturated rings. The first-order valence-electron chi connectivity index (χ1n) is 6.60. The van der Waals surface area contributed by atoms with Crippen molar-refractivity contribution >= 4 is 0 Å². The highest BCUT2D eigenvalue weighted by Gasteiger charge is 2.18. The maximum atomic E-state index is 3.73. The van der Waals surface area contributed by atoms with Crippen LogP contribution in [0.25, 0.3) is 0 Å². The number of hydrogen-bond donors (Lipinski definition) is 1. The van der Waals surface area contributed by atoms with Crippen LogP contribution in [0.3, 0.4) is 0 Å². The van der Waals surface area contributed by atoms with Crippen LogP contribution in [0, 0.1) is 5.92 Å². The Bertz CT molecular complexity index is 316. The maximum absolute atomic E-state index is 3.73. The van der Waals surface area contributed by atoms with Gasteiger partial charge in [-0.1, -0.05) is 26.2 Å². The number of aromatic nitrogens is 1. The Hall–Kier alpha value is -0.760. The number of rotatable bonds is 3. The summed E-state index contributed by atoms with van der Waals surface area (Å²) in [5.74, 6) is 0.839. The number of hydrogen-bond acceptors (Lipinski definition) is 1. The summed E-state index contributed by atoms with van der Waals surface area (Å²) in [6.07, 6.45) is 11.3. The zero-order valence-corrected chi connectivity index (χ0v) is 10.6. The minimum atomic E-state index is 0.725. The molecule has 1 saturated carbocycles. The van der Waals surface area contributed by atoms with E-state index >= 15 is 0 Å². The van der Waals surface area contributed by atoms with Gasteiger partial charge in [-0.25, -0.2) is 0 Å². The van der Waals surface area contributed by atoms with Crippen molar-refractivity contribution in [3.8, 4) is 0 Å². The van der Waals surface area contributed by atoms with Crippen molar-refractivity contribution in [1.29, 1.82) is 0 Å². The summed E-state index contributed by atoms with van der Waals surface area (Å²) in [7, 11) is 2.08. The number of aryl methyl sites for hydroxylation is 1. The van der Waals surface area contributed by atoms with Gasteiger partial charge in [-0.2, -0.15) is 0 Å². The Labute approximate surface area is 99.0 Å². The van der Waals surface area contributed by atoms with Crippen LogP contribution in [0.5, 0.6) is 0 Å². The van der Waals surface area contributed by atoms with E-state index in [-0.39, 0.29) is 0 Å². The van der Waals surface area contributed by atoms with Crippen LogP contribution in [0.15, 0.2) is 18.5 Å². The van der Waals surface area contributed by atoms with Gasteiger partial charge in [0.05, 0.1) is 0 Å². The van der Waals surface area contributed by atoms with Crippen molar-refractivity contribution in [3.63, 3.8) is 0 Å². The molecule has 0 amide bonds. The molecule has 16 heavy (non-hydrogen) atoms. The minimum absolute atomic E-state index is 0.725. The molecular formula is C14H24N2. The largest absolute Gasteiger partial charge is 0.357 e. The van der Waals surface area contributed by atoms with Gasteiger partial charge in [0, 0.05) is 32.0 Å². The Morgan fingerprint density at radius 2 is 2.12 bits per heavy atom. The van der Waals surface area contributed by atoms with Crippen molar-refractivity contribution in [1.82, 2.24) is 9.88 Å². The fourth-order valence-corrected chi connectivity index (χ4v) is 2.71. The molecule has 2 nitrogen and oxygen atoms in total. The second-order valence-corrected chi connectivity index (χ2v) is 5.29. The predicted octanol–water partition coefficient (Wildman–Crippen LogP) is 3.08. The van der Waals surface area contributed by atoms with Crippen molar-refractivity contribution in [2.75, 3.05) is 0 Å². The fourth-order valence-electron chi connectivity index (χ4n) is 2.71. The highest BCUT2D eigenvalue weighted by atomic mass is 14.9. The van der Waals surface area contributed by atoms with E-state index in [2.05, 4.69) is 42.3 Å². The van der Waals surface area contributed by atoms with E-state index < -0.39 is 0 Å². The van der Waals surface area contributed by atoms with Gasteiger partial charge in [0.25, 0.3) is 0 Å². The molecule has 1 aromatic rings. The summed E-state index contributed by atoms with van der Waals surface area (Å²) in [4.78, 5) is 0. The molecule has 0 aliphatic heterocycles. The Kier molecular flexibility index (Phi) is 4.05. The van der Waals surface area contributed by atoms with E-state index in [1.54, 1.807) is 0 Å². The summed E-state index contributed by atoms with van der Waals surface area (Å²) >= 11 is 0. The zero-order valence-electron chi connectivity index (χ0n) is 10.6. The van der Waals surface area contributed by atoms with Crippen molar-refractivity contribution in [3.05, 3.63) is 24.0 Å². The molecule has 2 heteroatoms. The first-order valence-corrected chi connectivity index (χ1v) is 6.60. The topological polar surface area (TPSA) is 17.0 Å². The van der Waals surface area contributed by atoms with Gasteiger partial charge in [0.2, 0.25) is 0 Å². The standard InChI is InChI=1S/C14H24N2/c1-12-6-4-3-5-7-14(12)15-10-13-8-9-16(2)11-13/h8-9,11-12,14-15H,3-7,10H2,1-2H3. The van der Waals surface area contributed by atoms with Crippen molar-refractivity contribution in [2.45, 2.75) is 51.6 Å². The Morgan fingerprint density at radius 3 is 2.88 bits per heavy atom. The van der Waals surface area contributed by atoms with Gasteiger partial charge in [-0.3, -0.25) is 0 Å². The Balaban J connectivity index is 1.83. The molecule has 0 spiro atoms. The molecule has 0 radical (unpaired) electrons. The quantitative estimate of drug-likeness (QED) is 0.775. The van der Waals surface area contributed by atoms with Gasteiger partial charge in [-0.05, 0) is 30.4 Å². The first kappa shape index (κ1) is 11.7. The molecule has 1 aromatic heterocycles. The van der Waals surface area contributed by atoms with Crippen LogP contribution in [0.4, 0.5) is 0 Å². The second kappa shape index (κ2) is 5.53. The van der Waals surface area contributed by atoms with Crippen LogP contribution in [0.2, 0.25) is 0 Å². The van der Waals surface area contributed by atoms with Crippen LogP contribution in [-0.4, -0.2) is 10.6 Å². The normalized spacial score (nSPS) is 26.6. The molecule has 2 atom stereocenters. The smallest absolute Gasteiger partial charge is 0.0223 e. The van der Waals surface area contributed by atoms with E-state index in [0.717, 1.165) is 18.5 Å². The lowest BCUT2D eigenvalue weighted by Gasteiger charge is -2.22. The third kappa shape index (κ3) is 3.11. The van der Waals surface area contributed by atoms with Crippen LogP contribution in [-0.2, 0) is 13.6 Å². The molecule has 1 N–H and O–H groups in total. The van der Waals surface area contributed by atoms with Gasteiger partial charge < -0.3 is 9.88 Å². The van der Waals surface area contributed by atoms with Gasteiger partial charge in [0.15, 0.2) is 0 Å². The van der Waals surface area contributed by atoms with E-state index in [1.807, 2.05) is 0 Å². The molecule has 90 valence electrons. The van der Waals surface area contributed by atoms with E-state index in [4.69, 9.17) is 0 Å². The molecule has 1 aliphatic carbocycles. The summed E-state index contributed by atoms with van der Waals surface area (Å²) < 4.78 is 2.12. The highest BCUT2D eigenvalue weighted by molar-refractivity contribution is 5.09. The lowest BCUT2D eigenvalue weighted by atomic mass is 9.97. The maximum Gasteiger partial charge on any atom is 0.0223 e. The minimum Gasteiger partial charge on any atom is -0.357 e. The monoisotopic (exact) mass is 220 g/mol. The second-order valence-electron chi connectivity index (χ2n) is 5.29. The SMILES string of the molecule is CC1CCCCCC1NCc1ccn(C)c1. The summed E-state index contributed by atoms with van der Waals surface area (Å²) in [5.41, 5.74) is 1.40. The molecule has 0 aromatic carbocycles. The lowest BCUT2D eigenvalue weighted by Crippen LogP contribution is -2.33. The molecule has 0 saturated heterocycles.